The van der Waals surface area contributed by atoms with Crippen LogP contribution < -0.4 is 41.4 Å². The van der Waals surface area contributed by atoms with Gasteiger partial charge in [0.15, 0.2) is 0 Å². The highest BCUT2D eigenvalue weighted by atomic mass is 19.1. The molecule has 0 aliphatic carbocycles. The van der Waals surface area contributed by atoms with E-state index in [9.17, 15) is 14.0 Å². The number of nitrogen functional groups attached to an aromatic ring is 1. The Labute approximate surface area is 378 Å². The maximum atomic E-state index is 15.2. The minimum absolute atomic E-state index is 0.261. The van der Waals surface area contributed by atoms with Gasteiger partial charge in [-0.3, -0.25) is 14.6 Å². The summed E-state index contributed by atoms with van der Waals surface area (Å²) in [5.41, 5.74) is 15.5. The number of halogens is 2. The lowest BCUT2D eigenvalue weighted by Crippen LogP contribution is -2.36. The summed E-state index contributed by atoms with van der Waals surface area (Å²) in [5, 5.41) is 3.42. The fourth-order valence-electron chi connectivity index (χ4n) is 8.83. The standard InChI is InChI=1S/C29H27FN4O3.C22H20FN3O3/c1-18-6-7-31-22(12-18)17-32-21-3-5-26-20(14-21)13-19-2-4-24(30)28(29(19)37-26)25-15-23(16-27(35)33-25)34-8-10-36-11-9-34;23-17-3-1-13-9-14-10-15(24)2-4-19(14)29-22(13)21(17)18-11-16(12-20(27)25-18)26-5-7-28-8-6-26/h2-7,12,14-16,32H,8-11,13,17H2,1H3,(H,33,35);1-4,10-12H,5-9,24H2,(H,25,27). The maximum absolute atomic E-state index is 15.2. The number of morpholine rings is 2. The third-order valence-corrected chi connectivity index (χ3v) is 12.1. The van der Waals surface area contributed by atoms with Gasteiger partial charge in [-0.1, -0.05) is 12.1 Å². The van der Waals surface area contributed by atoms with Crippen molar-refractivity contribution >= 4 is 22.7 Å². The van der Waals surface area contributed by atoms with Gasteiger partial charge in [-0.05, 0) is 85.3 Å². The molecule has 0 atom stereocenters. The molecule has 66 heavy (non-hydrogen) atoms. The fourth-order valence-corrected chi connectivity index (χ4v) is 8.83. The molecule has 13 nitrogen and oxygen atoms in total. The number of anilines is 4. The second-order valence-corrected chi connectivity index (χ2v) is 16.7. The zero-order valence-electron chi connectivity index (χ0n) is 36.2. The molecule has 7 aromatic rings. The fraction of sp³-hybridized carbons (Fsp3) is 0.235. The van der Waals surface area contributed by atoms with Crippen LogP contribution in [0.2, 0.25) is 0 Å². The van der Waals surface area contributed by atoms with Crippen LogP contribution in [0.15, 0.2) is 113 Å². The monoisotopic (exact) mass is 891 g/mol. The Bertz CT molecular complexity index is 3090. The summed E-state index contributed by atoms with van der Waals surface area (Å²) >= 11 is 0. The zero-order chi connectivity index (χ0) is 45.3. The molecule has 0 radical (unpaired) electrons. The third-order valence-electron chi connectivity index (χ3n) is 12.1. The Hall–Kier alpha value is -7.49. The SMILES string of the molecule is Cc1ccnc(CNc2ccc3c(c2)Cc2ccc(F)c(-c4cc(N5CCOCC5)cc(=O)[nH]4)c2O3)c1.Nc1ccc2c(c1)Cc1ccc(F)c(-c3cc(N4CCOCC4)cc(=O)[nH]3)c1O2. The van der Waals surface area contributed by atoms with Crippen molar-refractivity contribution in [3.8, 4) is 45.5 Å². The Balaban J connectivity index is 0.000000160. The number of rotatable bonds is 7. The summed E-state index contributed by atoms with van der Waals surface area (Å²) in [6.45, 7) is 7.76. The van der Waals surface area contributed by atoms with Crippen LogP contribution in [-0.2, 0) is 28.9 Å². The Morgan fingerprint density at radius 1 is 0.636 bits per heavy atom. The highest BCUT2D eigenvalue weighted by molar-refractivity contribution is 5.76. The summed E-state index contributed by atoms with van der Waals surface area (Å²) in [5.74, 6) is 1.29. The predicted octanol–water partition coefficient (Wildman–Crippen LogP) is 8.33. The van der Waals surface area contributed by atoms with Gasteiger partial charge in [0, 0.05) is 102 Å². The molecule has 4 aromatic carbocycles. The first-order valence-corrected chi connectivity index (χ1v) is 21.9. The lowest BCUT2D eigenvalue weighted by atomic mass is 9.95. The van der Waals surface area contributed by atoms with E-state index in [1.54, 1.807) is 36.4 Å². The van der Waals surface area contributed by atoms with Crippen LogP contribution in [-0.4, -0.2) is 67.6 Å². The van der Waals surface area contributed by atoms with Crippen molar-refractivity contribution in [2.24, 2.45) is 0 Å². The smallest absolute Gasteiger partial charge is 0.250 e. The van der Waals surface area contributed by atoms with Crippen molar-refractivity contribution in [1.29, 1.82) is 0 Å². The summed E-state index contributed by atoms with van der Waals surface area (Å²) in [7, 11) is 0. The predicted molar refractivity (Wildman–Crippen MR) is 250 cm³/mol. The number of hydrogen-bond acceptors (Lipinski definition) is 11. The van der Waals surface area contributed by atoms with Gasteiger partial charge < -0.3 is 49.8 Å². The van der Waals surface area contributed by atoms with Crippen LogP contribution in [0.25, 0.3) is 22.5 Å². The molecule has 15 heteroatoms. The molecule has 336 valence electrons. The normalized spacial score (nSPS) is 14.9. The maximum Gasteiger partial charge on any atom is 0.250 e. The molecule has 3 aromatic heterocycles. The number of nitrogens with two attached hydrogens (primary N) is 1. The number of fused-ring (bicyclic) bond motifs is 4. The summed E-state index contributed by atoms with van der Waals surface area (Å²) in [6.07, 6.45) is 2.98. The minimum atomic E-state index is -0.447. The second-order valence-electron chi connectivity index (χ2n) is 16.7. The number of H-pyrrole nitrogens is 2. The van der Waals surface area contributed by atoms with E-state index in [0.717, 1.165) is 45.0 Å². The Kier molecular flexibility index (Phi) is 11.7. The van der Waals surface area contributed by atoms with E-state index in [2.05, 4.69) is 42.2 Å². The number of nitrogens with one attached hydrogen (secondary N) is 3. The molecule has 0 spiro atoms. The van der Waals surface area contributed by atoms with Crippen LogP contribution in [0.4, 0.5) is 31.5 Å². The van der Waals surface area contributed by atoms with Crippen LogP contribution in [0.1, 0.15) is 33.5 Å². The van der Waals surface area contributed by atoms with Crippen LogP contribution in [0.3, 0.4) is 0 Å². The van der Waals surface area contributed by atoms with Gasteiger partial charge in [-0.25, -0.2) is 8.78 Å². The molecule has 2 saturated heterocycles. The summed E-state index contributed by atoms with van der Waals surface area (Å²) in [4.78, 5) is 39.0. The molecule has 5 N–H and O–H groups in total. The minimum Gasteiger partial charge on any atom is -0.456 e. The van der Waals surface area contributed by atoms with Crippen LogP contribution in [0.5, 0.6) is 23.0 Å². The van der Waals surface area contributed by atoms with E-state index in [0.29, 0.717) is 112 Å². The van der Waals surface area contributed by atoms with Gasteiger partial charge in [0.25, 0.3) is 0 Å². The molecular formula is C51H47F2N7O6. The van der Waals surface area contributed by atoms with E-state index < -0.39 is 11.6 Å². The van der Waals surface area contributed by atoms with Crippen LogP contribution in [0, 0.1) is 18.6 Å². The Morgan fingerprint density at radius 3 is 1.71 bits per heavy atom. The second kappa shape index (κ2) is 18.2. The van der Waals surface area contributed by atoms with E-state index in [4.69, 9.17) is 24.7 Å². The first-order chi connectivity index (χ1) is 32.1. The lowest BCUT2D eigenvalue weighted by molar-refractivity contribution is 0.122. The molecule has 4 aliphatic heterocycles. The number of pyridine rings is 3. The van der Waals surface area contributed by atoms with Gasteiger partial charge in [-0.15, -0.1) is 0 Å². The van der Waals surface area contributed by atoms with Gasteiger partial charge in [0.1, 0.15) is 34.6 Å². The van der Waals surface area contributed by atoms with Gasteiger partial charge >= 0.3 is 0 Å². The molecule has 7 heterocycles. The largest absolute Gasteiger partial charge is 0.456 e. The average molecular weight is 892 g/mol. The van der Waals surface area contributed by atoms with Crippen molar-refractivity contribution in [1.82, 2.24) is 15.0 Å². The molecule has 0 bridgehead atoms. The molecule has 2 fully saturated rings. The quantitative estimate of drug-likeness (QED) is 0.114. The van der Waals surface area contributed by atoms with Gasteiger partial charge in [0.05, 0.1) is 61.2 Å². The van der Waals surface area contributed by atoms with Crippen molar-refractivity contribution in [3.63, 3.8) is 0 Å². The molecule has 0 amide bonds. The third kappa shape index (κ3) is 8.95. The van der Waals surface area contributed by atoms with Crippen molar-refractivity contribution in [2.45, 2.75) is 26.3 Å². The Morgan fingerprint density at radius 2 is 1.17 bits per heavy atom. The number of aromatic nitrogens is 3. The van der Waals surface area contributed by atoms with E-state index in [-0.39, 0.29) is 22.2 Å². The number of hydrogen-bond donors (Lipinski definition) is 4. The van der Waals surface area contributed by atoms with E-state index >= 15 is 4.39 Å². The zero-order valence-corrected chi connectivity index (χ0v) is 36.2. The number of benzene rings is 4. The van der Waals surface area contributed by atoms with Gasteiger partial charge in [-0.2, -0.15) is 0 Å². The number of aromatic amines is 2. The molecule has 0 unspecified atom stereocenters. The first-order valence-electron chi connectivity index (χ1n) is 21.9. The number of ether oxygens (including phenoxy) is 4. The van der Waals surface area contributed by atoms with Crippen molar-refractivity contribution in [3.05, 3.63) is 169 Å². The summed E-state index contributed by atoms with van der Waals surface area (Å²) < 4.78 is 53.4. The number of aryl methyl sites for hydroxylation is 1. The molecule has 4 aliphatic rings. The topological polar surface area (TPSA) is 160 Å². The van der Waals surface area contributed by atoms with E-state index in [1.165, 1.54) is 23.8 Å². The molecule has 0 saturated carbocycles. The lowest BCUT2D eigenvalue weighted by Gasteiger charge is -2.29. The molecular weight excluding hydrogens is 845 g/mol. The van der Waals surface area contributed by atoms with Crippen molar-refractivity contribution < 1.29 is 27.7 Å². The first kappa shape index (κ1) is 42.5. The average Bonchev–Trinajstić information content (AvgIpc) is 3.32. The van der Waals surface area contributed by atoms with E-state index in [1.807, 2.05) is 43.5 Å². The van der Waals surface area contributed by atoms with Crippen molar-refractivity contribution in [2.75, 3.05) is 73.5 Å². The highest BCUT2D eigenvalue weighted by Crippen LogP contribution is 2.46. The summed E-state index contributed by atoms with van der Waals surface area (Å²) in [6, 6.07) is 28.3. The van der Waals surface area contributed by atoms with Crippen LogP contribution >= 0.6 is 0 Å². The highest BCUT2D eigenvalue weighted by Gasteiger charge is 2.27. The number of nitrogens with zero attached hydrogens (tertiary/aromatic N) is 3. The van der Waals surface area contributed by atoms with Gasteiger partial charge in [0.2, 0.25) is 11.1 Å². The molecule has 11 rings (SSSR count).